The van der Waals surface area contributed by atoms with Crippen LogP contribution in [0.2, 0.25) is 0 Å². The van der Waals surface area contributed by atoms with Crippen LogP contribution in [0.4, 0.5) is 5.82 Å². The summed E-state index contributed by atoms with van der Waals surface area (Å²) in [6.45, 7) is 0. The fourth-order valence-electron chi connectivity index (χ4n) is 3.82. The molecule has 0 aliphatic carbocycles. The van der Waals surface area contributed by atoms with Crippen LogP contribution in [0, 0.1) is 0 Å². The molecule has 0 saturated heterocycles. The van der Waals surface area contributed by atoms with Crippen LogP contribution in [0.5, 0.6) is 0 Å². The molecule has 0 saturated carbocycles. The predicted molar refractivity (Wildman–Crippen MR) is 130 cm³/mol. The first-order valence-electron chi connectivity index (χ1n) is 10.9. The third kappa shape index (κ3) is 4.45. The molecule has 0 radical (unpaired) electrons. The van der Waals surface area contributed by atoms with E-state index in [9.17, 15) is 4.79 Å². The highest BCUT2D eigenvalue weighted by molar-refractivity contribution is 5.93. The van der Waals surface area contributed by atoms with Gasteiger partial charge in [-0.25, -0.2) is 9.67 Å². The van der Waals surface area contributed by atoms with Crippen molar-refractivity contribution in [1.82, 2.24) is 20.1 Å². The number of nitrogens with zero attached hydrogens (tertiary/aromatic N) is 3. The van der Waals surface area contributed by atoms with Gasteiger partial charge in [0.2, 0.25) is 5.89 Å². The van der Waals surface area contributed by atoms with Crippen molar-refractivity contribution in [2.45, 2.75) is 12.5 Å². The summed E-state index contributed by atoms with van der Waals surface area (Å²) < 4.78 is 7.20. The number of carbonyl (C=O) groups is 1. The van der Waals surface area contributed by atoms with Gasteiger partial charge in [-0.3, -0.25) is 4.79 Å². The van der Waals surface area contributed by atoms with Crippen molar-refractivity contribution in [3.63, 3.8) is 0 Å². The van der Waals surface area contributed by atoms with Crippen molar-refractivity contribution in [3.8, 4) is 17.1 Å². The topological polar surface area (TPSA) is 99.0 Å². The van der Waals surface area contributed by atoms with E-state index in [1.807, 2.05) is 91.0 Å². The van der Waals surface area contributed by atoms with E-state index >= 15 is 0 Å². The molecule has 0 bridgehead atoms. The predicted octanol–water partition coefficient (Wildman–Crippen LogP) is 4.82. The van der Waals surface area contributed by atoms with Crippen molar-refractivity contribution >= 4 is 11.7 Å². The second kappa shape index (κ2) is 9.46. The standard InChI is InChI=1S/C27H23N5O2/c28-25-22(17-29-32(25)21-14-8-3-9-15-21)27-31-24(18-34-27)26(33)30-23(20-12-6-2-7-13-20)16-19-10-4-1-5-11-19/h1-15,17-18,23H,16,28H2,(H,30,33). The molecule has 5 aromatic rings. The van der Waals surface area contributed by atoms with Gasteiger partial charge < -0.3 is 15.5 Å². The number of nitrogens with two attached hydrogens (primary N) is 1. The van der Waals surface area contributed by atoms with Crippen molar-refractivity contribution in [1.29, 1.82) is 0 Å². The Morgan fingerprint density at radius 1 is 0.941 bits per heavy atom. The van der Waals surface area contributed by atoms with Gasteiger partial charge in [-0.15, -0.1) is 0 Å². The lowest BCUT2D eigenvalue weighted by Crippen LogP contribution is -2.30. The maximum Gasteiger partial charge on any atom is 0.273 e. The molecule has 1 unspecified atom stereocenters. The van der Waals surface area contributed by atoms with E-state index in [1.54, 1.807) is 10.9 Å². The molecule has 3 N–H and O–H groups in total. The SMILES string of the molecule is Nc1c(-c2nc(C(=O)NC(Cc3ccccc3)c3ccccc3)co2)cnn1-c1ccccc1. The molecule has 3 aromatic carbocycles. The van der Waals surface area contributed by atoms with E-state index in [4.69, 9.17) is 10.2 Å². The molecule has 2 aromatic heterocycles. The van der Waals surface area contributed by atoms with Gasteiger partial charge in [0.05, 0.1) is 23.5 Å². The fourth-order valence-corrected chi connectivity index (χ4v) is 3.82. The molecule has 168 valence electrons. The summed E-state index contributed by atoms with van der Waals surface area (Å²) in [6, 6.07) is 29.2. The maximum absolute atomic E-state index is 13.1. The molecule has 34 heavy (non-hydrogen) atoms. The summed E-state index contributed by atoms with van der Waals surface area (Å²) in [5, 5.41) is 7.44. The zero-order chi connectivity index (χ0) is 23.3. The first-order chi connectivity index (χ1) is 16.7. The number of amides is 1. The highest BCUT2D eigenvalue weighted by Gasteiger charge is 2.21. The minimum atomic E-state index is -0.325. The van der Waals surface area contributed by atoms with E-state index in [-0.39, 0.29) is 23.5 Å². The number of benzene rings is 3. The summed E-state index contributed by atoms with van der Waals surface area (Å²) >= 11 is 0. The van der Waals surface area contributed by atoms with Gasteiger partial charge in [0.15, 0.2) is 5.69 Å². The third-order valence-corrected chi connectivity index (χ3v) is 5.56. The van der Waals surface area contributed by atoms with Crippen LogP contribution in [0.25, 0.3) is 17.1 Å². The molecule has 1 atom stereocenters. The van der Waals surface area contributed by atoms with Crippen LogP contribution >= 0.6 is 0 Å². The van der Waals surface area contributed by atoms with E-state index in [0.29, 0.717) is 17.8 Å². The van der Waals surface area contributed by atoms with Crippen LogP contribution in [0.3, 0.4) is 0 Å². The molecule has 0 spiro atoms. The maximum atomic E-state index is 13.1. The third-order valence-electron chi connectivity index (χ3n) is 5.56. The molecule has 7 heteroatoms. The van der Waals surface area contributed by atoms with Crippen molar-refractivity contribution < 1.29 is 9.21 Å². The number of rotatable bonds is 7. The normalized spacial score (nSPS) is 11.8. The lowest BCUT2D eigenvalue weighted by atomic mass is 9.99. The molecular formula is C27H23N5O2. The minimum Gasteiger partial charge on any atom is -0.443 e. The molecule has 0 fully saturated rings. The number of anilines is 1. The second-order valence-electron chi connectivity index (χ2n) is 7.86. The van der Waals surface area contributed by atoms with E-state index in [2.05, 4.69) is 15.4 Å². The number of oxazole rings is 1. The number of carbonyl (C=O) groups excluding carboxylic acids is 1. The van der Waals surface area contributed by atoms with Gasteiger partial charge in [0.1, 0.15) is 12.1 Å². The van der Waals surface area contributed by atoms with Gasteiger partial charge in [-0.1, -0.05) is 78.9 Å². The monoisotopic (exact) mass is 449 g/mol. The van der Waals surface area contributed by atoms with Crippen LogP contribution in [-0.2, 0) is 6.42 Å². The number of nitrogens with one attached hydrogen (secondary N) is 1. The molecule has 0 aliphatic heterocycles. The number of para-hydroxylation sites is 1. The Labute approximate surface area is 196 Å². The van der Waals surface area contributed by atoms with Crippen LogP contribution in [0.1, 0.15) is 27.7 Å². The lowest BCUT2D eigenvalue weighted by Gasteiger charge is -2.19. The minimum absolute atomic E-state index is 0.177. The van der Waals surface area contributed by atoms with Crippen LogP contribution in [-0.4, -0.2) is 20.7 Å². The van der Waals surface area contributed by atoms with Crippen molar-refractivity contribution in [3.05, 3.63) is 120 Å². The van der Waals surface area contributed by atoms with E-state index < -0.39 is 0 Å². The molecule has 7 nitrogen and oxygen atoms in total. The fraction of sp³-hybridized carbons (Fsp3) is 0.0741. The first-order valence-corrected chi connectivity index (χ1v) is 10.9. The Kier molecular flexibility index (Phi) is 5.90. The van der Waals surface area contributed by atoms with Crippen LogP contribution < -0.4 is 11.1 Å². The summed E-state index contributed by atoms with van der Waals surface area (Å²) in [5.41, 5.74) is 9.95. The van der Waals surface area contributed by atoms with Gasteiger partial charge in [-0.2, -0.15) is 5.10 Å². The summed E-state index contributed by atoms with van der Waals surface area (Å²) in [6.07, 6.45) is 3.57. The number of hydrogen-bond acceptors (Lipinski definition) is 5. The highest BCUT2D eigenvalue weighted by atomic mass is 16.3. The van der Waals surface area contributed by atoms with Crippen LogP contribution in [0.15, 0.2) is 108 Å². The molecule has 1 amide bonds. The Bertz CT molecular complexity index is 1380. The first kappa shape index (κ1) is 21.2. The number of hydrogen-bond donors (Lipinski definition) is 2. The Hall–Kier alpha value is -4.65. The van der Waals surface area contributed by atoms with Gasteiger partial charge in [0, 0.05) is 0 Å². The summed E-state index contributed by atoms with van der Waals surface area (Å²) in [4.78, 5) is 17.5. The quantitative estimate of drug-likeness (QED) is 0.371. The average Bonchev–Trinajstić information content (AvgIpc) is 3.52. The molecular weight excluding hydrogens is 426 g/mol. The molecule has 5 rings (SSSR count). The number of aromatic nitrogens is 3. The zero-order valence-corrected chi connectivity index (χ0v) is 18.3. The molecule has 2 heterocycles. The van der Waals surface area contributed by atoms with E-state index in [1.165, 1.54) is 6.26 Å². The van der Waals surface area contributed by atoms with Gasteiger partial charge >= 0.3 is 0 Å². The van der Waals surface area contributed by atoms with E-state index in [0.717, 1.165) is 16.8 Å². The number of nitrogen functional groups attached to an aromatic ring is 1. The van der Waals surface area contributed by atoms with Crippen molar-refractivity contribution in [2.24, 2.45) is 0 Å². The average molecular weight is 450 g/mol. The second-order valence-corrected chi connectivity index (χ2v) is 7.86. The Morgan fingerprint density at radius 2 is 1.59 bits per heavy atom. The van der Waals surface area contributed by atoms with Crippen molar-refractivity contribution in [2.75, 3.05) is 5.73 Å². The largest absolute Gasteiger partial charge is 0.443 e. The smallest absolute Gasteiger partial charge is 0.273 e. The Balaban J connectivity index is 1.37. The summed E-state index contributed by atoms with van der Waals surface area (Å²) in [7, 11) is 0. The highest BCUT2D eigenvalue weighted by Crippen LogP contribution is 2.27. The zero-order valence-electron chi connectivity index (χ0n) is 18.3. The molecule has 0 aliphatic rings. The lowest BCUT2D eigenvalue weighted by molar-refractivity contribution is 0.0931. The van der Waals surface area contributed by atoms with Gasteiger partial charge in [0.25, 0.3) is 5.91 Å². The van der Waals surface area contributed by atoms with Gasteiger partial charge in [-0.05, 0) is 29.7 Å². The Morgan fingerprint density at radius 3 is 2.29 bits per heavy atom. The summed E-state index contributed by atoms with van der Waals surface area (Å²) in [5.74, 6) is 0.296.